The third-order valence-electron chi connectivity index (χ3n) is 3.94. The van der Waals surface area contributed by atoms with Crippen molar-refractivity contribution in [3.63, 3.8) is 0 Å². The summed E-state index contributed by atoms with van der Waals surface area (Å²) in [5.41, 5.74) is 3.57. The van der Waals surface area contributed by atoms with E-state index in [2.05, 4.69) is 10.5 Å². The number of nitrogens with one attached hydrogen (secondary N) is 1. The van der Waals surface area contributed by atoms with Crippen LogP contribution < -0.4 is 14.9 Å². The molecular weight excluding hydrogens is 411 g/mol. The first kappa shape index (κ1) is 21.0. The Morgan fingerprint density at radius 3 is 2.47 bits per heavy atom. The molecule has 0 saturated carbocycles. The highest BCUT2D eigenvalue weighted by Crippen LogP contribution is 2.28. The largest absolute Gasteiger partial charge is 0.493 e. The van der Waals surface area contributed by atoms with Gasteiger partial charge in [-0.05, 0) is 66.2 Å². The monoisotopic (exact) mass is 426 g/mol. The average Bonchev–Trinajstić information content (AvgIpc) is 2.75. The van der Waals surface area contributed by atoms with Crippen LogP contribution in [0.4, 0.5) is 4.39 Å². The van der Waals surface area contributed by atoms with Crippen LogP contribution in [0.5, 0.6) is 11.5 Å². The maximum absolute atomic E-state index is 13.0. The summed E-state index contributed by atoms with van der Waals surface area (Å²) in [5, 5.41) is 4.35. The number of carbonyl (C=O) groups excluding carboxylic acids is 2. The van der Waals surface area contributed by atoms with Crippen LogP contribution in [-0.4, -0.2) is 25.2 Å². The van der Waals surface area contributed by atoms with Crippen molar-refractivity contribution in [2.75, 3.05) is 7.11 Å². The number of rotatable bonds is 6. The standard InChI is InChI=1S/C22H16ClFN2O4/c1-29-20-11-14(13-25-26-21(27)16-3-2-4-17(23)12-16)5-10-19(20)30-22(28)15-6-8-18(24)9-7-15/h2-13H,1H3,(H,26,27)/b25-13+. The predicted molar refractivity (Wildman–Crippen MR) is 111 cm³/mol. The topological polar surface area (TPSA) is 77.0 Å². The van der Waals surface area contributed by atoms with Gasteiger partial charge in [0, 0.05) is 10.6 Å². The van der Waals surface area contributed by atoms with Gasteiger partial charge in [0.25, 0.3) is 5.91 Å². The number of carbonyl (C=O) groups is 2. The molecule has 8 heteroatoms. The number of halogens is 2. The lowest BCUT2D eigenvalue weighted by Crippen LogP contribution is -2.17. The molecule has 0 aliphatic carbocycles. The zero-order valence-electron chi connectivity index (χ0n) is 15.8. The summed E-state index contributed by atoms with van der Waals surface area (Å²) < 4.78 is 23.6. The number of ether oxygens (including phenoxy) is 2. The summed E-state index contributed by atoms with van der Waals surface area (Å²) >= 11 is 5.86. The predicted octanol–water partition coefficient (Wildman–Crippen LogP) is 4.47. The van der Waals surface area contributed by atoms with Gasteiger partial charge in [-0.15, -0.1) is 0 Å². The fraction of sp³-hybridized carbons (Fsp3) is 0.0455. The quantitative estimate of drug-likeness (QED) is 0.273. The van der Waals surface area contributed by atoms with E-state index in [1.807, 2.05) is 0 Å². The van der Waals surface area contributed by atoms with E-state index >= 15 is 0 Å². The van der Waals surface area contributed by atoms with E-state index in [1.54, 1.807) is 30.3 Å². The first-order valence-electron chi connectivity index (χ1n) is 8.71. The summed E-state index contributed by atoms with van der Waals surface area (Å²) in [6, 6.07) is 16.2. The Balaban J connectivity index is 1.67. The van der Waals surface area contributed by atoms with Crippen molar-refractivity contribution in [2.24, 2.45) is 5.10 Å². The Labute approximate surface area is 176 Å². The Morgan fingerprint density at radius 1 is 1.00 bits per heavy atom. The zero-order chi connectivity index (χ0) is 21.5. The Morgan fingerprint density at radius 2 is 1.77 bits per heavy atom. The minimum Gasteiger partial charge on any atom is -0.493 e. The van der Waals surface area contributed by atoms with E-state index in [4.69, 9.17) is 21.1 Å². The lowest BCUT2D eigenvalue weighted by molar-refractivity contribution is 0.0729. The van der Waals surface area contributed by atoms with Crippen LogP contribution in [0.25, 0.3) is 0 Å². The molecule has 6 nitrogen and oxygen atoms in total. The van der Waals surface area contributed by atoms with E-state index in [9.17, 15) is 14.0 Å². The highest BCUT2D eigenvalue weighted by atomic mass is 35.5. The van der Waals surface area contributed by atoms with Crippen molar-refractivity contribution in [3.05, 3.63) is 94.3 Å². The first-order valence-corrected chi connectivity index (χ1v) is 9.09. The zero-order valence-corrected chi connectivity index (χ0v) is 16.5. The number of methoxy groups -OCH3 is 1. The van der Waals surface area contributed by atoms with E-state index < -0.39 is 17.7 Å². The lowest BCUT2D eigenvalue weighted by Gasteiger charge is -2.10. The highest BCUT2D eigenvalue weighted by Gasteiger charge is 2.13. The third kappa shape index (κ3) is 5.42. The molecule has 3 aromatic carbocycles. The van der Waals surface area contributed by atoms with Crippen molar-refractivity contribution < 1.29 is 23.5 Å². The minimum absolute atomic E-state index is 0.187. The maximum Gasteiger partial charge on any atom is 0.343 e. The minimum atomic E-state index is -0.650. The molecule has 0 atom stereocenters. The van der Waals surface area contributed by atoms with Gasteiger partial charge in [-0.2, -0.15) is 5.10 Å². The third-order valence-corrected chi connectivity index (χ3v) is 4.17. The molecule has 0 unspecified atom stereocenters. The molecule has 0 aliphatic rings. The fourth-order valence-electron chi connectivity index (χ4n) is 2.45. The summed E-state index contributed by atoms with van der Waals surface area (Å²) in [5.74, 6) is -1.04. The number of benzene rings is 3. The van der Waals surface area contributed by atoms with Gasteiger partial charge in [0.2, 0.25) is 0 Å². The lowest BCUT2D eigenvalue weighted by atomic mass is 10.2. The van der Waals surface area contributed by atoms with E-state index in [0.717, 1.165) is 0 Å². The number of hydrogen-bond acceptors (Lipinski definition) is 5. The number of nitrogens with zero attached hydrogens (tertiary/aromatic N) is 1. The Bertz CT molecular complexity index is 1100. The van der Waals surface area contributed by atoms with Gasteiger partial charge in [0.05, 0.1) is 18.9 Å². The second kappa shape index (κ2) is 9.67. The van der Waals surface area contributed by atoms with E-state index in [1.165, 1.54) is 49.7 Å². The molecule has 1 N–H and O–H groups in total. The van der Waals surface area contributed by atoms with Crippen LogP contribution in [-0.2, 0) is 0 Å². The molecule has 0 radical (unpaired) electrons. The van der Waals surface area contributed by atoms with Crippen molar-refractivity contribution in [3.8, 4) is 11.5 Å². The molecule has 30 heavy (non-hydrogen) atoms. The van der Waals surface area contributed by atoms with Gasteiger partial charge < -0.3 is 9.47 Å². The van der Waals surface area contributed by atoms with E-state index in [-0.39, 0.29) is 17.1 Å². The second-order valence-corrected chi connectivity index (χ2v) is 6.45. The molecule has 0 spiro atoms. The Hall–Kier alpha value is -3.71. The number of amides is 1. The van der Waals surface area contributed by atoms with Gasteiger partial charge in [0.1, 0.15) is 5.82 Å². The molecule has 0 aliphatic heterocycles. The molecule has 0 bridgehead atoms. The van der Waals surface area contributed by atoms with Crippen molar-refractivity contribution in [1.29, 1.82) is 0 Å². The van der Waals surface area contributed by atoms with Crippen LogP contribution in [0.3, 0.4) is 0 Å². The average molecular weight is 427 g/mol. The molecule has 3 rings (SSSR count). The van der Waals surface area contributed by atoms with Crippen LogP contribution >= 0.6 is 11.6 Å². The van der Waals surface area contributed by atoms with Crippen LogP contribution in [0.1, 0.15) is 26.3 Å². The highest BCUT2D eigenvalue weighted by molar-refractivity contribution is 6.30. The van der Waals surface area contributed by atoms with Crippen molar-refractivity contribution in [2.45, 2.75) is 0 Å². The van der Waals surface area contributed by atoms with Gasteiger partial charge in [-0.3, -0.25) is 4.79 Å². The number of esters is 1. The smallest absolute Gasteiger partial charge is 0.343 e. The summed E-state index contributed by atoms with van der Waals surface area (Å²) in [4.78, 5) is 24.3. The molecule has 0 fully saturated rings. The Kier molecular flexibility index (Phi) is 6.77. The SMILES string of the molecule is COc1cc(/C=N/NC(=O)c2cccc(Cl)c2)ccc1OC(=O)c1ccc(F)cc1. The van der Waals surface area contributed by atoms with Crippen LogP contribution in [0, 0.1) is 5.82 Å². The van der Waals surface area contributed by atoms with Gasteiger partial charge >= 0.3 is 5.97 Å². The molecule has 0 saturated heterocycles. The normalized spacial score (nSPS) is 10.6. The number of hydrazone groups is 1. The fourth-order valence-corrected chi connectivity index (χ4v) is 2.64. The maximum atomic E-state index is 13.0. The van der Waals surface area contributed by atoms with Crippen LogP contribution in [0.15, 0.2) is 71.8 Å². The number of hydrogen-bond donors (Lipinski definition) is 1. The van der Waals surface area contributed by atoms with Gasteiger partial charge in [-0.25, -0.2) is 14.6 Å². The molecule has 1 amide bonds. The van der Waals surface area contributed by atoms with E-state index in [0.29, 0.717) is 16.1 Å². The van der Waals surface area contributed by atoms with Crippen molar-refractivity contribution in [1.82, 2.24) is 5.43 Å². The summed E-state index contributed by atoms with van der Waals surface area (Å²) in [6.07, 6.45) is 1.41. The van der Waals surface area contributed by atoms with Gasteiger partial charge in [-0.1, -0.05) is 17.7 Å². The van der Waals surface area contributed by atoms with Crippen LogP contribution in [0.2, 0.25) is 5.02 Å². The summed E-state index contributed by atoms with van der Waals surface area (Å²) in [7, 11) is 1.42. The molecule has 152 valence electrons. The summed E-state index contributed by atoms with van der Waals surface area (Å²) in [6.45, 7) is 0. The van der Waals surface area contributed by atoms with Gasteiger partial charge in [0.15, 0.2) is 11.5 Å². The second-order valence-electron chi connectivity index (χ2n) is 6.02. The molecule has 0 aromatic heterocycles. The first-order chi connectivity index (χ1) is 14.5. The molecular formula is C22H16ClFN2O4. The molecule has 3 aromatic rings. The molecule has 0 heterocycles. The van der Waals surface area contributed by atoms with Crippen molar-refractivity contribution >= 4 is 29.7 Å².